The van der Waals surface area contributed by atoms with Gasteiger partial charge in [0.25, 0.3) is 15.9 Å². The predicted octanol–water partition coefficient (Wildman–Crippen LogP) is 3.99. The SMILES string of the molecule is COc1ccccc1NS(=O)(=O)c1ccc(C(=O)N2CCC(C(=O)Nc3ccccc3)CC2)cc1. The highest BCUT2D eigenvalue weighted by Gasteiger charge is 2.28. The van der Waals surface area contributed by atoms with Crippen molar-refractivity contribution in [2.75, 3.05) is 30.2 Å². The Morgan fingerprint density at radius 3 is 2.17 bits per heavy atom. The third-order valence-corrected chi connectivity index (χ3v) is 7.34. The molecule has 2 N–H and O–H groups in total. The van der Waals surface area contributed by atoms with Crippen LogP contribution in [-0.4, -0.2) is 45.3 Å². The first-order chi connectivity index (χ1) is 16.9. The standard InChI is InChI=1S/C26H27N3O5S/c1-34-24-10-6-5-9-23(24)28-35(32,33)22-13-11-20(12-14-22)26(31)29-17-15-19(16-18-29)25(30)27-21-7-3-2-4-8-21/h2-14,19,28H,15-18H2,1H3,(H,27,30). The van der Waals surface area contributed by atoms with Crippen LogP contribution in [-0.2, 0) is 14.8 Å². The Balaban J connectivity index is 1.35. The predicted molar refractivity (Wildman–Crippen MR) is 134 cm³/mol. The van der Waals surface area contributed by atoms with Gasteiger partial charge in [-0.2, -0.15) is 0 Å². The number of nitrogens with zero attached hydrogens (tertiary/aromatic N) is 1. The molecule has 0 saturated carbocycles. The number of sulfonamides is 1. The molecule has 4 rings (SSSR count). The number of carbonyl (C=O) groups is 2. The molecule has 0 aromatic heterocycles. The largest absolute Gasteiger partial charge is 0.495 e. The highest BCUT2D eigenvalue weighted by atomic mass is 32.2. The van der Waals surface area contributed by atoms with Crippen LogP contribution in [0, 0.1) is 5.92 Å². The van der Waals surface area contributed by atoms with Gasteiger partial charge < -0.3 is 15.0 Å². The fourth-order valence-electron chi connectivity index (χ4n) is 4.00. The minimum Gasteiger partial charge on any atom is -0.495 e. The molecule has 0 bridgehead atoms. The lowest BCUT2D eigenvalue weighted by Crippen LogP contribution is -2.41. The van der Waals surface area contributed by atoms with Crippen LogP contribution in [0.3, 0.4) is 0 Å². The second-order valence-electron chi connectivity index (χ2n) is 8.25. The summed E-state index contributed by atoms with van der Waals surface area (Å²) in [5.41, 5.74) is 1.48. The molecular formula is C26H27N3O5S. The van der Waals surface area contributed by atoms with Crippen molar-refractivity contribution < 1.29 is 22.7 Å². The Labute approximate surface area is 205 Å². The maximum atomic E-state index is 12.9. The Morgan fingerprint density at radius 1 is 0.886 bits per heavy atom. The fraction of sp³-hybridized carbons (Fsp3) is 0.231. The van der Waals surface area contributed by atoms with E-state index in [9.17, 15) is 18.0 Å². The fourth-order valence-corrected chi connectivity index (χ4v) is 5.07. The number of methoxy groups -OCH3 is 1. The van der Waals surface area contributed by atoms with Crippen LogP contribution < -0.4 is 14.8 Å². The maximum absolute atomic E-state index is 12.9. The van der Waals surface area contributed by atoms with Gasteiger partial charge in [0.1, 0.15) is 5.75 Å². The summed E-state index contributed by atoms with van der Waals surface area (Å²) in [6.07, 6.45) is 1.14. The molecule has 8 nitrogen and oxygen atoms in total. The number of carbonyl (C=O) groups excluding carboxylic acids is 2. The van der Waals surface area contributed by atoms with Gasteiger partial charge in [-0.1, -0.05) is 30.3 Å². The summed E-state index contributed by atoms with van der Waals surface area (Å²) in [6, 6.07) is 21.8. The Morgan fingerprint density at radius 2 is 1.51 bits per heavy atom. The third-order valence-electron chi connectivity index (χ3n) is 5.96. The molecule has 35 heavy (non-hydrogen) atoms. The summed E-state index contributed by atoms with van der Waals surface area (Å²) in [4.78, 5) is 27.2. The monoisotopic (exact) mass is 493 g/mol. The molecule has 0 unspecified atom stereocenters. The second-order valence-corrected chi connectivity index (χ2v) is 9.93. The van der Waals surface area contributed by atoms with E-state index in [1.54, 1.807) is 29.2 Å². The summed E-state index contributed by atoms with van der Waals surface area (Å²) in [7, 11) is -2.39. The number of nitrogens with one attached hydrogen (secondary N) is 2. The Hall–Kier alpha value is -3.85. The summed E-state index contributed by atoms with van der Waals surface area (Å²) < 4.78 is 33.3. The molecule has 0 spiro atoms. The van der Waals surface area contributed by atoms with Gasteiger partial charge in [0.15, 0.2) is 0 Å². The van der Waals surface area contributed by atoms with E-state index in [1.807, 2.05) is 30.3 Å². The van der Waals surface area contributed by atoms with Crippen molar-refractivity contribution in [3.8, 4) is 5.75 Å². The normalized spacial score (nSPS) is 14.3. The molecule has 1 aliphatic heterocycles. The first-order valence-corrected chi connectivity index (χ1v) is 12.8. The van der Waals surface area contributed by atoms with Crippen molar-refractivity contribution in [1.82, 2.24) is 4.90 Å². The number of para-hydroxylation sites is 3. The molecule has 2 amide bonds. The molecule has 3 aromatic rings. The van der Waals surface area contributed by atoms with Crippen LogP contribution in [0.2, 0.25) is 0 Å². The summed E-state index contributed by atoms with van der Waals surface area (Å²) >= 11 is 0. The van der Waals surface area contributed by atoms with E-state index in [1.165, 1.54) is 31.4 Å². The summed E-state index contributed by atoms with van der Waals surface area (Å²) in [5, 5.41) is 2.92. The van der Waals surface area contributed by atoms with Gasteiger partial charge in [-0.3, -0.25) is 14.3 Å². The van der Waals surface area contributed by atoms with Gasteiger partial charge in [0.05, 0.1) is 17.7 Å². The van der Waals surface area contributed by atoms with E-state index in [-0.39, 0.29) is 22.6 Å². The number of anilines is 2. The van der Waals surface area contributed by atoms with Crippen molar-refractivity contribution in [1.29, 1.82) is 0 Å². The number of hydrogen-bond acceptors (Lipinski definition) is 5. The summed E-state index contributed by atoms with van der Waals surface area (Å²) in [6.45, 7) is 0.919. The van der Waals surface area contributed by atoms with E-state index in [0.29, 0.717) is 42.9 Å². The highest BCUT2D eigenvalue weighted by molar-refractivity contribution is 7.92. The first kappa shape index (κ1) is 24.3. The number of benzene rings is 3. The van der Waals surface area contributed by atoms with Crippen molar-refractivity contribution in [2.45, 2.75) is 17.7 Å². The molecule has 0 atom stereocenters. The van der Waals surface area contributed by atoms with E-state index >= 15 is 0 Å². The van der Waals surface area contributed by atoms with Gasteiger partial charge >= 0.3 is 0 Å². The minimum absolute atomic E-state index is 0.0382. The van der Waals surface area contributed by atoms with E-state index in [4.69, 9.17) is 4.74 Å². The van der Waals surface area contributed by atoms with Crippen LogP contribution in [0.5, 0.6) is 5.75 Å². The van der Waals surface area contributed by atoms with Crippen LogP contribution in [0.4, 0.5) is 11.4 Å². The molecular weight excluding hydrogens is 466 g/mol. The van der Waals surface area contributed by atoms with E-state index < -0.39 is 10.0 Å². The average Bonchev–Trinajstić information content (AvgIpc) is 2.89. The molecule has 0 aliphatic carbocycles. The third kappa shape index (κ3) is 5.81. The zero-order valence-corrected chi connectivity index (χ0v) is 20.1. The number of piperidine rings is 1. The lowest BCUT2D eigenvalue weighted by atomic mass is 9.95. The highest BCUT2D eigenvalue weighted by Crippen LogP contribution is 2.27. The Kier molecular flexibility index (Phi) is 7.36. The van der Waals surface area contributed by atoms with Crippen LogP contribution in [0.25, 0.3) is 0 Å². The molecule has 1 heterocycles. The lowest BCUT2D eigenvalue weighted by Gasteiger charge is -2.31. The molecule has 182 valence electrons. The molecule has 1 fully saturated rings. The first-order valence-electron chi connectivity index (χ1n) is 11.3. The van der Waals surface area contributed by atoms with Gasteiger partial charge in [-0.15, -0.1) is 0 Å². The Bertz CT molecular complexity index is 1290. The van der Waals surface area contributed by atoms with Crippen molar-refractivity contribution >= 4 is 33.2 Å². The lowest BCUT2D eigenvalue weighted by molar-refractivity contribution is -0.121. The van der Waals surface area contributed by atoms with E-state index in [0.717, 1.165) is 5.69 Å². The quantitative estimate of drug-likeness (QED) is 0.518. The van der Waals surface area contributed by atoms with Crippen molar-refractivity contribution in [3.63, 3.8) is 0 Å². The van der Waals surface area contributed by atoms with Gasteiger partial charge in [0, 0.05) is 30.3 Å². The molecule has 3 aromatic carbocycles. The molecule has 9 heteroatoms. The minimum atomic E-state index is -3.86. The number of amides is 2. The van der Waals surface area contributed by atoms with Crippen LogP contribution >= 0.6 is 0 Å². The molecule has 1 aliphatic rings. The van der Waals surface area contributed by atoms with Crippen molar-refractivity contribution in [2.24, 2.45) is 5.92 Å². The van der Waals surface area contributed by atoms with Gasteiger partial charge in [-0.05, 0) is 61.4 Å². The topological polar surface area (TPSA) is 105 Å². The van der Waals surface area contributed by atoms with Crippen LogP contribution in [0.1, 0.15) is 23.2 Å². The zero-order chi connectivity index (χ0) is 24.8. The van der Waals surface area contributed by atoms with Gasteiger partial charge in [0.2, 0.25) is 5.91 Å². The molecule has 0 radical (unpaired) electrons. The number of hydrogen-bond donors (Lipinski definition) is 2. The second kappa shape index (κ2) is 10.6. The maximum Gasteiger partial charge on any atom is 0.262 e. The van der Waals surface area contributed by atoms with Crippen molar-refractivity contribution in [3.05, 3.63) is 84.4 Å². The number of rotatable bonds is 7. The number of likely N-dealkylation sites (tertiary alicyclic amines) is 1. The van der Waals surface area contributed by atoms with Gasteiger partial charge in [-0.25, -0.2) is 8.42 Å². The van der Waals surface area contributed by atoms with Crippen LogP contribution in [0.15, 0.2) is 83.8 Å². The summed E-state index contributed by atoms with van der Waals surface area (Å²) in [5.74, 6) is 0.0190. The smallest absolute Gasteiger partial charge is 0.262 e. The van der Waals surface area contributed by atoms with E-state index in [2.05, 4.69) is 10.0 Å². The number of ether oxygens (including phenoxy) is 1. The zero-order valence-electron chi connectivity index (χ0n) is 19.3. The molecule has 1 saturated heterocycles. The average molecular weight is 494 g/mol.